The van der Waals surface area contributed by atoms with Crippen LogP contribution >= 0.6 is 0 Å². The number of nitrogens with one attached hydrogen (secondary N) is 2. The number of nitrogen functional groups attached to an aromatic ring is 1. The van der Waals surface area contributed by atoms with E-state index in [0.717, 1.165) is 11.3 Å². The van der Waals surface area contributed by atoms with E-state index in [9.17, 15) is 4.79 Å². The molecule has 1 aromatic carbocycles. The SMILES string of the molecule is Nc1cc2c(=O)[nH]cnc2cc1NCc1ccoc1. The highest BCUT2D eigenvalue weighted by Crippen LogP contribution is 2.23. The summed E-state index contributed by atoms with van der Waals surface area (Å²) in [6, 6.07) is 5.26. The van der Waals surface area contributed by atoms with E-state index in [1.54, 1.807) is 24.7 Å². The van der Waals surface area contributed by atoms with Crippen molar-refractivity contribution in [3.63, 3.8) is 0 Å². The molecule has 3 aromatic rings. The fourth-order valence-corrected chi connectivity index (χ4v) is 1.88. The van der Waals surface area contributed by atoms with E-state index in [2.05, 4.69) is 15.3 Å². The summed E-state index contributed by atoms with van der Waals surface area (Å²) in [5, 5.41) is 3.67. The number of H-pyrrole nitrogens is 1. The van der Waals surface area contributed by atoms with Crippen LogP contribution in [0.5, 0.6) is 0 Å². The second-order valence-corrected chi connectivity index (χ2v) is 4.17. The molecule has 0 fully saturated rings. The average Bonchev–Trinajstić information content (AvgIpc) is 2.91. The van der Waals surface area contributed by atoms with E-state index in [-0.39, 0.29) is 5.56 Å². The lowest BCUT2D eigenvalue weighted by Crippen LogP contribution is -2.08. The molecule has 0 saturated carbocycles. The quantitative estimate of drug-likeness (QED) is 0.620. The van der Waals surface area contributed by atoms with Gasteiger partial charge < -0.3 is 20.5 Å². The molecule has 19 heavy (non-hydrogen) atoms. The van der Waals surface area contributed by atoms with Gasteiger partial charge in [0.1, 0.15) is 0 Å². The average molecular weight is 256 g/mol. The van der Waals surface area contributed by atoms with Crippen LogP contribution in [0.1, 0.15) is 5.56 Å². The minimum atomic E-state index is -0.196. The fraction of sp³-hybridized carbons (Fsp3) is 0.0769. The van der Waals surface area contributed by atoms with Crippen molar-refractivity contribution in [1.82, 2.24) is 9.97 Å². The number of hydrogen-bond acceptors (Lipinski definition) is 5. The van der Waals surface area contributed by atoms with E-state index >= 15 is 0 Å². The maximum Gasteiger partial charge on any atom is 0.258 e. The van der Waals surface area contributed by atoms with E-state index < -0.39 is 0 Å². The van der Waals surface area contributed by atoms with Crippen LogP contribution in [0.3, 0.4) is 0 Å². The monoisotopic (exact) mass is 256 g/mol. The topological polar surface area (TPSA) is 96.9 Å². The first-order chi connectivity index (χ1) is 9.24. The summed E-state index contributed by atoms with van der Waals surface area (Å²) in [4.78, 5) is 18.2. The second-order valence-electron chi connectivity index (χ2n) is 4.17. The molecular formula is C13H12N4O2. The Labute approximate surface area is 108 Å². The number of fused-ring (bicyclic) bond motifs is 1. The van der Waals surface area contributed by atoms with E-state index in [1.165, 1.54) is 6.33 Å². The molecule has 0 spiro atoms. The predicted octanol–water partition coefficient (Wildman–Crippen LogP) is 1.71. The number of rotatable bonds is 3. The molecule has 0 unspecified atom stereocenters. The largest absolute Gasteiger partial charge is 0.472 e. The van der Waals surface area contributed by atoms with Crippen LogP contribution < -0.4 is 16.6 Å². The van der Waals surface area contributed by atoms with Gasteiger partial charge in [0.25, 0.3) is 5.56 Å². The lowest BCUT2D eigenvalue weighted by molar-refractivity contribution is 0.564. The van der Waals surface area contributed by atoms with Gasteiger partial charge in [0.2, 0.25) is 0 Å². The summed E-state index contributed by atoms with van der Waals surface area (Å²) in [6.07, 6.45) is 4.65. The first kappa shape index (κ1) is 11.3. The number of aromatic amines is 1. The highest BCUT2D eigenvalue weighted by Gasteiger charge is 2.06. The Balaban J connectivity index is 1.95. The lowest BCUT2D eigenvalue weighted by atomic mass is 10.2. The maximum absolute atomic E-state index is 11.6. The minimum Gasteiger partial charge on any atom is -0.472 e. The molecule has 96 valence electrons. The van der Waals surface area contributed by atoms with E-state index in [1.807, 2.05) is 6.07 Å². The molecule has 2 aromatic heterocycles. The lowest BCUT2D eigenvalue weighted by Gasteiger charge is -2.09. The Hall–Kier alpha value is -2.76. The number of aromatic nitrogens is 2. The van der Waals surface area contributed by atoms with Crippen molar-refractivity contribution in [2.24, 2.45) is 0 Å². The summed E-state index contributed by atoms with van der Waals surface area (Å²) in [6.45, 7) is 0.593. The highest BCUT2D eigenvalue weighted by molar-refractivity contribution is 5.88. The zero-order valence-corrected chi connectivity index (χ0v) is 10.0. The highest BCUT2D eigenvalue weighted by atomic mass is 16.3. The number of benzene rings is 1. The predicted molar refractivity (Wildman–Crippen MR) is 72.8 cm³/mol. The Morgan fingerprint density at radius 3 is 3.11 bits per heavy atom. The van der Waals surface area contributed by atoms with Crippen LogP contribution in [-0.2, 0) is 6.54 Å². The molecule has 0 amide bonds. The van der Waals surface area contributed by atoms with Crippen molar-refractivity contribution in [2.75, 3.05) is 11.1 Å². The van der Waals surface area contributed by atoms with Gasteiger partial charge in [0.05, 0.1) is 41.1 Å². The van der Waals surface area contributed by atoms with E-state index in [0.29, 0.717) is 23.1 Å². The van der Waals surface area contributed by atoms with Crippen molar-refractivity contribution in [3.05, 3.63) is 53.0 Å². The molecule has 0 bridgehead atoms. The zero-order chi connectivity index (χ0) is 13.2. The van der Waals surface area contributed by atoms with Gasteiger partial charge in [-0.05, 0) is 18.2 Å². The van der Waals surface area contributed by atoms with Gasteiger partial charge >= 0.3 is 0 Å². The molecule has 6 nitrogen and oxygen atoms in total. The summed E-state index contributed by atoms with van der Waals surface area (Å²) < 4.78 is 4.99. The molecule has 3 rings (SSSR count). The van der Waals surface area contributed by atoms with Gasteiger partial charge in [0, 0.05) is 12.1 Å². The maximum atomic E-state index is 11.6. The number of furan rings is 1. The molecule has 0 atom stereocenters. The van der Waals surface area contributed by atoms with Gasteiger partial charge in [-0.25, -0.2) is 4.98 Å². The minimum absolute atomic E-state index is 0.196. The Morgan fingerprint density at radius 1 is 1.42 bits per heavy atom. The van der Waals surface area contributed by atoms with Gasteiger partial charge in [-0.3, -0.25) is 4.79 Å². The second kappa shape index (κ2) is 4.49. The summed E-state index contributed by atoms with van der Waals surface area (Å²) in [5.41, 5.74) is 8.60. The summed E-state index contributed by atoms with van der Waals surface area (Å²) in [5.74, 6) is 0. The van der Waals surface area contributed by atoms with Crippen LogP contribution in [-0.4, -0.2) is 9.97 Å². The first-order valence-corrected chi connectivity index (χ1v) is 5.76. The third-order valence-corrected chi connectivity index (χ3v) is 2.87. The molecular weight excluding hydrogens is 244 g/mol. The number of anilines is 2. The Kier molecular flexibility index (Phi) is 2.68. The molecule has 4 N–H and O–H groups in total. The molecule has 2 heterocycles. The van der Waals surface area contributed by atoms with Crippen LogP contribution in [0.15, 0.2) is 46.3 Å². The normalized spacial score (nSPS) is 10.7. The molecule has 0 aliphatic heterocycles. The van der Waals surface area contributed by atoms with Crippen LogP contribution in [0.25, 0.3) is 10.9 Å². The number of nitrogens with zero attached hydrogens (tertiary/aromatic N) is 1. The third kappa shape index (κ3) is 2.15. The van der Waals surface area contributed by atoms with Crippen molar-refractivity contribution in [2.45, 2.75) is 6.54 Å². The van der Waals surface area contributed by atoms with Crippen molar-refractivity contribution in [3.8, 4) is 0 Å². The summed E-state index contributed by atoms with van der Waals surface area (Å²) >= 11 is 0. The van der Waals surface area contributed by atoms with Gasteiger partial charge in [-0.15, -0.1) is 0 Å². The smallest absolute Gasteiger partial charge is 0.258 e. The molecule has 6 heteroatoms. The Bertz CT molecular complexity index is 762. The zero-order valence-electron chi connectivity index (χ0n) is 10.0. The first-order valence-electron chi connectivity index (χ1n) is 5.76. The number of nitrogens with two attached hydrogens (primary N) is 1. The van der Waals surface area contributed by atoms with Crippen LogP contribution in [0.2, 0.25) is 0 Å². The fourth-order valence-electron chi connectivity index (χ4n) is 1.88. The van der Waals surface area contributed by atoms with Crippen LogP contribution in [0, 0.1) is 0 Å². The van der Waals surface area contributed by atoms with Gasteiger partial charge in [-0.2, -0.15) is 0 Å². The number of hydrogen-bond donors (Lipinski definition) is 3. The molecule has 0 aliphatic carbocycles. The molecule has 0 saturated heterocycles. The Morgan fingerprint density at radius 2 is 2.32 bits per heavy atom. The van der Waals surface area contributed by atoms with Gasteiger partial charge in [0.15, 0.2) is 0 Å². The molecule has 0 radical (unpaired) electrons. The van der Waals surface area contributed by atoms with Crippen molar-refractivity contribution in [1.29, 1.82) is 0 Å². The standard InChI is InChI=1S/C13H12N4O2/c14-10-3-9-11(16-7-17-13(9)18)4-12(10)15-5-8-1-2-19-6-8/h1-4,6-7,15H,5,14H2,(H,16,17,18). The third-order valence-electron chi connectivity index (χ3n) is 2.87. The van der Waals surface area contributed by atoms with Gasteiger partial charge in [-0.1, -0.05) is 0 Å². The summed E-state index contributed by atoms with van der Waals surface area (Å²) in [7, 11) is 0. The van der Waals surface area contributed by atoms with Crippen molar-refractivity contribution >= 4 is 22.3 Å². The van der Waals surface area contributed by atoms with Crippen molar-refractivity contribution < 1.29 is 4.42 Å². The van der Waals surface area contributed by atoms with Crippen LogP contribution in [0.4, 0.5) is 11.4 Å². The van der Waals surface area contributed by atoms with E-state index in [4.69, 9.17) is 10.2 Å². The molecule has 0 aliphatic rings.